The molecule has 0 saturated carbocycles. The lowest BCUT2D eigenvalue weighted by Gasteiger charge is -2.22. The lowest BCUT2D eigenvalue weighted by molar-refractivity contribution is 0.596. The fourth-order valence-electron chi connectivity index (χ4n) is 2.60. The molecule has 0 heterocycles. The van der Waals surface area contributed by atoms with Gasteiger partial charge in [0.15, 0.2) is 0 Å². The van der Waals surface area contributed by atoms with Gasteiger partial charge in [0.2, 0.25) is 0 Å². The third-order valence-electron chi connectivity index (χ3n) is 3.79. The van der Waals surface area contributed by atoms with Gasteiger partial charge in [-0.3, -0.25) is 0 Å². The lowest BCUT2D eigenvalue weighted by Crippen LogP contribution is -2.24. The smallest absolute Gasteiger partial charge is 0.0579 e. The van der Waals surface area contributed by atoms with E-state index < -0.39 is 0 Å². The van der Waals surface area contributed by atoms with Crippen LogP contribution in [0.15, 0.2) is 48.5 Å². The number of hydrogen-bond acceptors (Lipinski definition) is 1. The highest BCUT2D eigenvalue weighted by molar-refractivity contribution is 5.38. The van der Waals surface area contributed by atoms with Gasteiger partial charge >= 0.3 is 0 Å². The first-order valence-electron chi connectivity index (χ1n) is 7.64. The number of nitrogens with one attached hydrogen (secondary N) is 1. The summed E-state index contributed by atoms with van der Waals surface area (Å²) < 4.78 is 0. The van der Waals surface area contributed by atoms with Crippen molar-refractivity contribution < 1.29 is 0 Å². The molecule has 1 unspecified atom stereocenters. The van der Waals surface area contributed by atoms with Crippen molar-refractivity contribution in [1.29, 1.82) is 0 Å². The van der Waals surface area contributed by atoms with E-state index in [1.165, 1.54) is 22.3 Å². The van der Waals surface area contributed by atoms with Crippen LogP contribution in [0.3, 0.4) is 0 Å². The van der Waals surface area contributed by atoms with E-state index in [1.54, 1.807) is 0 Å². The third-order valence-corrected chi connectivity index (χ3v) is 3.79. The zero-order chi connectivity index (χ0) is 14.4. The molecule has 2 aromatic carbocycles. The summed E-state index contributed by atoms with van der Waals surface area (Å²) in [6, 6.07) is 17.9. The highest BCUT2D eigenvalue weighted by Gasteiger charge is 2.15. The van der Waals surface area contributed by atoms with Gasteiger partial charge in [0.05, 0.1) is 6.04 Å². The van der Waals surface area contributed by atoms with Gasteiger partial charge in [-0.2, -0.15) is 0 Å². The molecule has 20 heavy (non-hydrogen) atoms. The van der Waals surface area contributed by atoms with Crippen LogP contribution < -0.4 is 5.32 Å². The van der Waals surface area contributed by atoms with E-state index >= 15 is 0 Å². The van der Waals surface area contributed by atoms with E-state index in [-0.39, 0.29) is 0 Å². The second-order valence-corrected chi connectivity index (χ2v) is 5.34. The topological polar surface area (TPSA) is 12.0 Å². The van der Waals surface area contributed by atoms with Gasteiger partial charge in [-0.15, -0.1) is 0 Å². The van der Waals surface area contributed by atoms with Crippen molar-refractivity contribution in [3.8, 4) is 0 Å². The summed E-state index contributed by atoms with van der Waals surface area (Å²) in [6.07, 6.45) is 2.23. The van der Waals surface area contributed by atoms with E-state index in [4.69, 9.17) is 0 Å². The van der Waals surface area contributed by atoms with Crippen LogP contribution in [0, 0.1) is 6.92 Å². The highest BCUT2D eigenvalue weighted by atomic mass is 14.9. The quantitative estimate of drug-likeness (QED) is 0.803. The molecule has 0 aliphatic carbocycles. The van der Waals surface area contributed by atoms with Gasteiger partial charge in [-0.25, -0.2) is 0 Å². The maximum Gasteiger partial charge on any atom is 0.0579 e. The van der Waals surface area contributed by atoms with Crippen molar-refractivity contribution >= 4 is 0 Å². The van der Waals surface area contributed by atoms with Crippen LogP contribution in [0.2, 0.25) is 0 Å². The van der Waals surface area contributed by atoms with Crippen LogP contribution in [0.1, 0.15) is 48.6 Å². The third kappa shape index (κ3) is 3.49. The molecular weight excluding hydrogens is 242 g/mol. The minimum absolute atomic E-state index is 0.294. The Morgan fingerprint density at radius 1 is 1.00 bits per heavy atom. The monoisotopic (exact) mass is 267 g/mol. The molecule has 0 amide bonds. The highest BCUT2D eigenvalue weighted by Crippen LogP contribution is 2.25. The maximum atomic E-state index is 3.69. The molecule has 2 aromatic rings. The molecular formula is C19H25N. The Balaban J connectivity index is 2.38. The van der Waals surface area contributed by atoms with Gasteiger partial charge < -0.3 is 5.32 Å². The van der Waals surface area contributed by atoms with Crippen molar-refractivity contribution in [2.24, 2.45) is 0 Å². The predicted molar refractivity (Wildman–Crippen MR) is 87.1 cm³/mol. The van der Waals surface area contributed by atoms with Crippen molar-refractivity contribution in [2.45, 2.75) is 39.7 Å². The Morgan fingerprint density at radius 2 is 1.80 bits per heavy atom. The van der Waals surface area contributed by atoms with E-state index in [2.05, 4.69) is 74.6 Å². The Morgan fingerprint density at radius 3 is 2.50 bits per heavy atom. The molecule has 1 atom stereocenters. The normalized spacial score (nSPS) is 12.3. The van der Waals surface area contributed by atoms with E-state index in [0.717, 1.165) is 19.4 Å². The van der Waals surface area contributed by atoms with Crippen LogP contribution in [0.4, 0.5) is 0 Å². The fourth-order valence-corrected chi connectivity index (χ4v) is 2.60. The molecule has 1 nitrogen and oxygen atoms in total. The Labute approximate surface area is 123 Å². The molecule has 1 heteroatoms. The fraction of sp³-hybridized carbons (Fsp3) is 0.368. The van der Waals surface area contributed by atoms with E-state index in [9.17, 15) is 0 Å². The van der Waals surface area contributed by atoms with Gasteiger partial charge in [0.1, 0.15) is 0 Å². The summed E-state index contributed by atoms with van der Waals surface area (Å²) in [5.74, 6) is 0. The zero-order valence-electron chi connectivity index (χ0n) is 12.8. The van der Waals surface area contributed by atoms with Crippen molar-refractivity contribution in [2.75, 3.05) is 6.54 Å². The van der Waals surface area contributed by atoms with Crippen molar-refractivity contribution in [1.82, 2.24) is 5.32 Å². The Bertz CT molecular complexity index is 545. The summed E-state index contributed by atoms with van der Waals surface area (Å²) >= 11 is 0. The molecule has 0 bridgehead atoms. The first kappa shape index (κ1) is 14.8. The summed E-state index contributed by atoms with van der Waals surface area (Å²) in [6.45, 7) is 7.65. The summed E-state index contributed by atoms with van der Waals surface area (Å²) in [5.41, 5.74) is 5.50. The molecule has 106 valence electrons. The van der Waals surface area contributed by atoms with Gasteiger partial charge in [0.25, 0.3) is 0 Å². The number of benzene rings is 2. The summed E-state index contributed by atoms with van der Waals surface area (Å²) in [5, 5.41) is 3.69. The van der Waals surface area contributed by atoms with Crippen LogP contribution in [0.25, 0.3) is 0 Å². The average molecular weight is 267 g/mol. The SMILES string of the molecule is CCCNC(c1cccc(CC)c1)c1ccccc1C. The maximum absolute atomic E-state index is 3.69. The molecule has 1 N–H and O–H groups in total. The minimum atomic E-state index is 0.294. The number of aryl methyl sites for hydroxylation is 2. The Kier molecular flexibility index (Phi) is 5.37. The summed E-state index contributed by atoms with van der Waals surface area (Å²) in [7, 11) is 0. The molecule has 0 saturated heterocycles. The van der Waals surface area contributed by atoms with E-state index in [0.29, 0.717) is 6.04 Å². The standard InChI is InChI=1S/C19H25N/c1-4-13-20-19(18-12-7-6-9-15(18)3)17-11-8-10-16(5-2)14-17/h6-12,14,19-20H,4-5,13H2,1-3H3. The second kappa shape index (κ2) is 7.25. The molecule has 0 fully saturated rings. The molecule has 0 aromatic heterocycles. The molecule has 0 radical (unpaired) electrons. The van der Waals surface area contributed by atoms with Crippen molar-refractivity contribution in [3.05, 3.63) is 70.8 Å². The van der Waals surface area contributed by atoms with E-state index in [1.807, 2.05) is 0 Å². The van der Waals surface area contributed by atoms with Crippen LogP contribution in [-0.2, 0) is 6.42 Å². The first-order valence-corrected chi connectivity index (χ1v) is 7.64. The van der Waals surface area contributed by atoms with Crippen LogP contribution >= 0.6 is 0 Å². The average Bonchev–Trinajstić information content (AvgIpc) is 2.49. The molecule has 0 spiro atoms. The second-order valence-electron chi connectivity index (χ2n) is 5.34. The van der Waals surface area contributed by atoms with Crippen LogP contribution in [0.5, 0.6) is 0 Å². The van der Waals surface area contributed by atoms with Gasteiger partial charge in [-0.1, -0.05) is 62.4 Å². The lowest BCUT2D eigenvalue weighted by atomic mass is 9.93. The molecule has 0 aliphatic rings. The predicted octanol–water partition coefficient (Wildman–Crippen LogP) is 4.65. The summed E-state index contributed by atoms with van der Waals surface area (Å²) in [4.78, 5) is 0. The van der Waals surface area contributed by atoms with Crippen molar-refractivity contribution in [3.63, 3.8) is 0 Å². The zero-order valence-corrected chi connectivity index (χ0v) is 12.8. The number of hydrogen-bond donors (Lipinski definition) is 1. The minimum Gasteiger partial charge on any atom is -0.306 e. The van der Waals surface area contributed by atoms with Gasteiger partial charge in [0, 0.05) is 0 Å². The first-order chi connectivity index (χ1) is 9.76. The Hall–Kier alpha value is -1.60. The largest absolute Gasteiger partial charge is 0.306 e. The van der Waals surface area contributed by atoms with Crippen LogP contribution in [-0.4, -0.2) is 6.54 Å². The van der Waals surface area contributed by atoms with Gasteiger partial charge in [-0.05, 0) is 48.6 Å². The number of rotatable bonds is 6. The molecule has 2 rings (SSSR count). The molecule has 0 aliphatic heterocycles.